The maximum Gasteiger partial charge on any atom is 0.338 e. The lowest BCUT2D eigenvalue weighted by molar-refractivity contribution is -0.212. The molecule has 0 aliphatic carbocycles. The van der Waals surface area contributed by atoms with Crippen LogP contribution in [0.3, 0.4) is 0 Å². The molecule has 0 spiro atoms. The van der Waals surface area contributed by atoms with Gasteiger partial charge < -0.3 is 19.7 Å². The van der Waals surface area contributed by atoms with E-state index in [2.05, 4.69) is 4.98 Å². The fourth-order valence-electron chi connectivity index (χ4n) is 2.69. The highest BCUT2D eigenvalue weighted by Crippen LogP contribution is 2.26. The minimum absolute atomic E-state index is 0.238. The number of aliphatic hydroxyl groups excluding tert-OH is 2. The van der Waals surface area contributed by atoms with Crippen molar-refractivity contribution >= 4 is 5.97 Å². The minimum Gasteiger partial charge on any atom is -0.451 e. The summed E-state index contributed by atoms with van der Waals surface area (Å²) in [5.74, 6) is -0.744. The molecular weight excluding hydrogens is 344 g/mol. The van der Waals surface area contributed by atoms with Gasteiger partial charge in [-0.05, 0) is 19.1 Å². The second kappa shape index (κ2) is 7.24. The maximum absolute atomic E-state index is 12.3. The Labute approximate surface area is 147 Å². The van der Waals surface area contributed by atoms with E-state index in [-0.39, 0.29) is 17.7 Å². The molecule has 3 rings (SSSR count). The Hall–Kier alpha value is -2.75. The van der Waals surface area contributed by atoms with E-state index in [0.29, 0.717) is 0 Å². The van der Waals surface area contributed by atoms with E-state index in [1.807, 2.05) is 0 Å². The van der Waals surface area contributed by atoms with Crippen molar-refractivity contribution in [3.8, 4) is 0 Å². The van der Waals surface area contributed by atoms with Gasteiger partial charge in [-0.2, -0.15) is 0 Å². The van der Waals surface area contributed by atoms with Gasteiger partial charge in [0.05, 0.1) is 12.2 Å². The summed E-state index contributed by atoms with van der Waals surface area (Å²) in [6, 6.07) is 8.07. The number of aromatic amines is 1. The van der Waals surface area contributed by atoms with Crippen LogP contribution < -0.4 is 11.2 Å². The van der Waals surface area contributed by atoms with Gasteiger partial charge in [0.15, 0.2) is 12.3 Å². The molecule has 1 aliphatic heterocycles. The zero-order valence-corrected chi connectivity index (χ0v) is 13.9. The normalized spacial score (nSPS) is 25.7. The average molecular weight is 362 g/mol. The topological polar surface area (TPSA) is 131 Å². The van der Waals surface area contributed by atoms with Gasteiger partial charge in [-0.1, -0.05) is 18.2 Å². The van der Waals surface area contributed by atoms with Crippen molar-refractivity contribution in [2.45, 2.75) is 31.5 Å². The zero-order valence-electron chi connectivity index (χ0n) is 13.9. The Morgan fingerprint density at radius 2 is 1.96 bits per heavy atom. The first-order valence-electron chi connectivity index (χ1n) is 7.94. The lowest BCUT2D eigenvalue weighted by Gasteiger charge is -2.38. The van der Waals surface area contributed by atoms with E-state index >= 15 is 0 Å². The molecule has 1 saturated heterocycles. The van der Waals surface area contributed by atoms with Crippen molar-refractivity contribution in [3.63, 3.8) is 0 Å². The van der Waals surface area contributed by atoms with Gasteiger partial charge >= 0.3 is 11.7 Å². The predicted octanol–water partition coefficient (Wildman–Crippen LogP) is -0.679. The summed E-state index contributed by atoms with van der Waals surface area (Å²) in [7, 11) is 0. The third-order valence-electron chi connectivity index (χ3n) is 4.12. The molecule has 3 N–H and O–H groups in total. The number of carbonyl (C=O) groups is 1. The molecule has 9 heteroatoms. The van der Waals surface area contributed by atoms with Crippen LogP contribution in [0.2, 0.25) is 0 Å². The summed E-state index contributed by atoms with van der Waals surface area (Å²) in [6.07, 6.45) is -4.07. The molecule has 0 radical (unpaired) electrons. The molecule has 1 fully saturated rings. The van der Waals surface area contributed by atoms with Crippen molar-refractivity contribution in [3.05, 3.63) is 68.5 Å². The van der Waals surface area contributed by atoms with E-state index in [9.17, 15) is 24.6 Å². The molecule has 0 bridgehead atoms. The molecule has 0 saturated carbocycles. The largest absolute Gasteiger partial charge is 0.451 e. The molecule has 0 amide bonds. The van der Waals surface area contributed by atoms with Crippen molar-refractivity contribution in [1.29, 1.82) is 0 Å². The van der Waals surface area contributed by atoms with E-state index in [4.69, 9.17) is 9.47 Å². The van der Waals surface area contributed by atoms with Gasteiger partial charge in [0.1, 0.15) is 12.2 Å². The molecule has 1 aromatic heterocycles. The third-order valence-corrected chi connectivity index (χ3v) is 4.12. The van der Waals surface area contributed by atoms with E-state index in [0.717, 1.165) is 4.57 Å². The Morgan fingerprint density at radius 3 is 2.65 bits per heavy atom. The number of esters is 1. The smallest absolute Gasteiger partial charge is 0.338 e. The van der Waals surface area contributed by atoms with Gasteiger partial charge in [-0.25, -0.2) is 9.59 Å². The molecule has 9 nitrogen and oxygen atoms in total. The number of nitrogens with zero attached hydrogens (tertiary/aromatic N) is 1. The first-order valence-corrected chi connectivity index (χ1v) is 7.94. The van der Waals surface area contributed by atoms with Crippen LogP contribution in [0.5, 0.6) is 0 Å². The summed E-state index contributed by atoms with van der Waals surface area (Å²) >= 11 is 0. The van der Waals surface area contributed by atoms with Crippen LogP contribution in [0, 0.1) is 6.92 Å². The summed E-state index contributed by atoms with van der Waals surface area (Å²) in [4.78, 5) is 38.1. The summed E-state index contributed by atoms with van der Waals surface area (Å²) < 4.78 is 11.8. The highest BCUT2D eigenvalue weighted by molar-refractivity contribution is 5.89. The predicted molar refractivity (Wildman–Crippen MR) is 88.7 cm³/mol. The molecule has 26 heavy (non-hydrogen) atoms. The number of rotatable bonds is 3. The highest BCUT2D eigenvalue weighted by atomic mass is 16.6. The number of ether oxygens (including phenoxy) is 2. The van der Waals surface area contributed by atoms with E-state index in [1.54, 1.807) is 18.2 Å². The monoisotopic (exact) mass is 362 g/mol. The van der Waals surface area contributed by atoms with Gasteiger partial charge in [-0.3, -0.25) is 14.3 Å². The first kappa shape index (κ1) is 18.1. The molecule has 1 aliphatic rings. The van der Waals surface area contributed by atoms with Crippen LogP contribution in [0.1, 0.15) is 22.1 Å². The fraction of sp³-hybridized carbons (Fsp3) is 0.353. The lowest BCUT2D eigenvalue weighted by atomic mass is 10.0. The molecule has 138 valence electrons. The van der Waals surface area contributed by atoms with Crippen LogP contribution in [0.15, 0.2) is 46.1 Å². The number of carbonyl (C=O) groups excluding carboxylic acids is 1. The second-order valence-corrected chi connectivity index (χ2v) is 6.00. The fourth-order valence-corrected chi connectivity index (χ4v) is 2.69. The minimum atomic E-state index is -1.47. The Bertz CT molecular complexity index is 905. The number of aryl methyl sites for hydroxylation is 1. The standard InChI is InChI=1S/C17H18N2O7/c1-9-7-19(17(24)18-14(9)22)15-13(12(21)11(20)8-25-15)26-16(23)10-5-3-2-4-6-10/h2-7,11-13,15,20-21H,8H2,1H3,(H,18,22,24)/t11-,12+,13+,15?/m1/s1. The number of nitrogens with one attached hydrogen (secondary N) is 1. The van der Waals surface area contributed by atoms with Crippen molar-refractivity contribution in [2.24, 2.45) is 0 Å². The van der Waals surface area contributed by atoms with E-state index in [1.165, 1.54) is 25.3 Å². The van der Waals surface area contributed by atoms with Crippen LogP contribution >= 0.6 is 0 Å². The molecule has 2 aromatic rings. The Balaban J connectivity index is 1.95. The van der Waals surface area contributed by atoms with Crippen molar-refractivity contribution in [1.82, 2.24) is 9.55 Å². The number of hydrogen-bond acceptors (Lipinski definition) is 7. The summed E-state index contributed by atoms with van der Waals surface area (Å²) in [5, 5.41) is 20.1. The number of aliphatic hydroxyl groups is 2. The zero-order chi connectivity index (χ0) is 18.8. The number of hydrogen-bond donors (Lipinski definition) is 3. The highest BCUT2D eigenvalue weighted by Gasteiger charge is 2.43. The summed E-state index contributed by atoms with van der Waals surface area (Å²) in [5.41, 5.74) is -0.860. The van der Waals surface area contributed by atoms with Gasteiger partial charge in [0, 0.05) is 11.8 Å². The molecule has 4 atom stereocenters. The van der Waals surface area contributed by atoms with Crippen LogP contribution in [-0.2, 0) is 9.47 Å². The second-order valence-electron chi connectivity index (χ2n) is 6.00. The lowest BCUT2D eigenvalue weighted by Crippen LogP contribution is -2.54. The quantitative estimate of drug-likeness (QED) is 0.617. The average Bonchev–Trinajstić information content (AvgIpc) is 2.63. The number of benzene rings is 1. The summed E-state index contributed by atoms with van der Waals surface area (Å²) in [6.45, 7) is 1.23. The van der Waals surface area contributed by atoms with Gasteiger partial charge in [0.25, 0.3) is 5.56 Å². The Morgan fingerprint density at radius 1 is 1.27 bits per heavy atom. The number of aromatic nitrogens is 2. The molecule has 1 aromatic carbocycles. The maximum atomic E-state index is 12.3. The molecule has 2 heterocycles. The SMILES string of the molecule is Cc1cn(C2OC[C@@H](O)[C@H](O)[C@@H]2OC(=O)c2ccccc2)c(=O)[nH]c1=O. The van der Waals surface area contributed by atoms with Gasteiger partial charge in [0.2, 0.25) is 0 Å². The van der Waals surface area contributed by atoms with Crippen molar-refractivity contribution < 1.29 is 24.5 Å². The third kappa shape index (κ3) is 3.45. The van der Waals surface area contributed by atoms with Crippen molar-refractivity contribution in [2.75, 3.05) is 6.61 Å². The van der Waals surface area contributed by atoms with E-state index < -0.39 is 41.8 Å². The Kier molecular flexibility index (Phi) is 5.03. The van der Waals surface area contributed by atoms with Crippen LogP contribution in [0.25, 0.3) is 0 Å². The number of H-pyrrole nitrogens is 1. The molecular formula is C17H18N2O7. The van der Waals surface area contributed by atoms with Gasteiger partial charge in [-0.15, -0.1) is 0 Å². The van der Waals surface area contributed by atoms with Crippen LogP contribution in [-0.4, -0.2) is 50.7 Å². The molecule has 1 unspecified atom stereocenters. The first-order chi connectivity index (χ1) is 12.4. The van der Waals surface area contributed by atoms with Crippen LogP contribution in [0.4, 0.5) is 0 Å².